The van der Waals surface area contributed by atoms with Crippen LogP contribution in [0, 0.1) is 0 Å². The van der Waals surface area contributed by atoms with Gasteiger partial charge in [-0.3, -0.25) is 14.3 Å². The second kappa shape index (κ2) is 9.40. The molecule has 0 unspecified atom stereocenters. The second-order valence-electron chi connectivity index (χ2n) is 7.68. The molecule has 11 heteroatoms. The number of halogens is 1. The maximum atomic E-state index is 13.5. The van der Waals surface area contributed by atoms with Crippen molar-refractivity contribution in [1.29, 1.82) is 0 Å². The molecule has 0 atom stereocenters. The van der Waals surface area contributed by atoms with Gasteiger partial charge in [0, 0.05) is 28.7 Å². The van der Waals surface area contributed by atoms with Crippen LogP contribution in [0.1, 0.15) is 15.9 Å². The fourth-order valence-electron chi connectivity index (χ4n) is 3.62. The predicted octanol–water partition coefficient (Wildman–Crippen LogP) is 3.95. The van der Waals surface area contributed by atoms with E-state index in [9.17, 15) is 18.0 Å². The standard InChI is InChI=1S/C24H20ClN3O6S/c1-28-19-9-5-15(23(31)26-17-7-3-14(4-8-17)11-22(29)30)12-18(19)24(27-28)35(32,33)21-13-16(25)6-10-20(21)34-2/h3-10,12-13H,11H2,1-2H3,(H,26,31)(H,29,30). The molecule has 1 amide bonds. The van der Waals surface area contributed by atoms with Crippen LogP contribution in [0.3, 0.4) is 0 Å². The number of aryl methyl sites for hydroxylation is 1. The number of methoxy groups -OCH3 is 1. The lowest BCUT2D eigenvalue weighted by Crippen LogP contribution is -2.12. The number of sulfone groups is 1. The van der Waals surface area contributed by atoms with Gasteiger partial charge in [0.1, 0.15) is 10.6 Å². The van der Waals surface area contributed by atoms with Gasteiger partial charge in [0.2, 0.25) is 9.84 Å². The van der Waals surface area contributed by atoms with Crippen LogP contribution in [0.25, 0.3) is 10.9 Å². The van der Waals surface area contributed by atoms with Gasteiger partial charge in [0.25, 0.3) is 5.91 Å². The Morgan fingerprint density at radius 2 is 1.80 bits per heavy atom. The zero-order valence-corrected chi connectivity index (χ0v) is 20.2. The van der Waals surface area contributed by atoms with Crippen LogP contribution in [0.15, 0.2) is 70.6 Å². The summed E-state index contributed by atoms with van der Waals surface area (Å²) in [6, 6.07) is 15.3. The number of ether oxygens (including phenoxy) is 1. The van der Waals surface area contributed by atoms with Gasteiger partial charge >= 0.3 is 5.97 Å². The van der Waals surface area contributed by atoms with E-state index in [1.807, 2.05) is 0 Å². The number of benzene rings is 3. The van der Waals surface area contributed by atoms with Crippen LogP contribution in [0.4, 0.5) is 5.69 Å². The van der Waals surface area contributed by atoms with E-state index in [2.05, 4.69) is 10.4 Å². The van der Waals surface area contributed by atoms with Crippen LogP contribution in [-0.2, 0) is 28.1 Å². The number of rotatable bonds is 7. The van der Waals surface area contributed by atoms with Gasteiger partial charge in [-0.15, -0.1) is 0 Å². The number of aliphatic carboxylic acids is 1. The molecular formula is C24H20ClN3O6S. The predicted molar refractivity (Wildman–Crippen MR) is 130 cm³/mol. The molecule has 0 aliphatic rings. The largest absolute Gasteiger partial charge is 0.495 e. The van der Waals surface area contributed by atoms with Gasteiger partial charge in [-0.2, -0.15) is 5.10 Å². The summed E-state index contributed by atoms with van der Waals surface area (Å²) in [4.78, 5) is 23.6. The molecule has 2 N–H and O–H groups in total. The van der Waals surface area contributed by atoms with Crippen molar-refractivity contribution in [2.24, 2.45) is 7.05 Å². The molecule has 0 bridgehead atoms. The van der Waals surface area contributed by atoms with Gasteiger partial charge in [-0.25, -0.2) is 8.42 Å². The Hall–Kier alpha value is -3.89. The van der Waals surface area contributed by atoms with Crippen molar-refractivity contribution in [2.75, 3.05) is 12.4 Å². The van der Waals surface area contributed by atoms with Crippen molar-refractivity contribution in [2.45, 2.75) is 16.3 Å². The molecule has 3 aromatic carbocycles. The molecule has 4 rings (SSSR count). The lowest BCUT2D eigenvalue weighted by atomic mass is 10.1. The van der Waals surface area contributed by atoms with Gasteiger partial charge in [0.05, 0.1) is 19.0 Å². The first-order valence-corrected chi connectivity index (χ1v) is 12.1. The summed E-state index contributed by atoms with van der Waals surface area (Å²) in [5.74, 6) is -1.30. The molecule has 0 spiro atoms. The minimum Gasteiger partial charge on any atom is -0.495 e. The quantitative estimate of drug-likeness (QED) is 0.383. The number of nitrogens with zero attached hydrogens (tertiary/aromatic N) is 2. The molecule has 1 aromatic heterocycles. The summed E-state index contributed by atoms with van der Waals surface area (Å²) < 4.78 is 33.7. The number of carbonyl (C=O) groups excluding carboxylic acids is 1. The molecule has 0 saturated heterocycles. The first-order chi connectivity index (χ1) is 16.6. The fraction of sp³-hybridized carbons (Fsp3) is 0.125. The van der Waals surface area contributed by atoms with Crippen molar-refractivity contribution in [3.8, 4) is 5.75 Å². The molecule has 180 valence electrons. The molecule has 4 aromatic rings. The highest BCUT2D eigenvalue weighted by Crippen LogP contribution is 2.34. The number of fused-ring (bicyclic) bond motifs is 1. The molecular weight excluding hydrogens is 494 g/mol. The maximum absolute atomic E-state index is 13.5. The zero-order chi connectivity index (χ0) is 25.3. The molecule has 0 radical (unpaired) electrons. The number of carboxylic acids is 1. The van der Waals surface area contributed by atoms with Gasteiger partial charge in [0.15, 0.2) is 5.03 Å². The summed E-state index contributed by atoms with van der Waals surface area (Å²) in [6.07, 6.45) is -0.124. The highest BCUT2D eigenvalue weighted by molar-refractivity contribution is 7.91. The van der Waals surface area contributed by atoms with E-state index >= 15 is 0 Å². The van der Waals surface area contributed by atoms with Crippen LogP contribution >= 0.6 is 11.6 Å². The summed E-state index contributed by atoms with van der Waals surface area (Å²) >= 11 is 6.04. The minimum absolute atomic E-state index is 0.119. The Morgan fingerprint density at radius 3 is 2.46 bits per heavy atom. The molecule has 0 aliphatic carbocycles. The minimum atomic E-state index is -4.15. The van der Waals surface area contributed by atoms with Crippen molar-refractivity contribution in [3.63, 3.8) is 0 Å². The molecule has 9 nitrogen and oxygen atoms in total. The summed E-state index contributed by atoms with van der Waals surface area (Å²) in [5, 5.41) is 16.1. The van der Waals surface area contributed by atoms with E-state index in [0.717, 1.165) is 0 Å². The number of hydrogen-bond donors (Lipinski definition) is 2. The van der Waals surface area contributed by atoms with Crippen LogP contribution < -0.4 is 10.1 Å². The molecule has 0 fully saturated rings. The molecule has 0 aliphatic heterocycles. The maximum Gasteiger partial charge on any atom is 0.307 e. The van der Waals surface area contributed by atoms with E-state index in [4.69, 9.17) is 21.4 Å². The topological polar surface area (TPSA) is 128 Å². The monoisotopic (exact) mass is 513 g/mol. The van der Waals surface area contributed by atoms with E-state index in [1.165, 1.54) is 36.1 Å². The van der Waals surface area contributed by atoms with E-state index in [0.29, 0.717) is 16.8 Å². The Bertz CT molecular complexity index is 1560. The van der Waals surface area contributed by atoms with Crippen molar-refractivity contribution in [1.82, 2.24) is 9.78 Å². The Labute approximate surface area is 205 Å². The molecule has 35 heavy (non-hydrogen) atoms. The molecule has 1 heterocycles. The lowest BCUT2D eigenvalue weighted by Gasteiger charge is -2.09. The second-order valence-corrected chi connectivity index (χ2v) is 9.95. The third-order valence-corrected chi connectivity index (χ3v) is 7.26. The summed E-state index contributed by atoms with van der Waals surface area (Å²) in [6.45, 7) is 0. The SMILES string of the molecule is COc1ccc(Cl)cc1S(=O)(=O)c1nn(C)c2ccc(C(=O)Nc3ccc(CC(=O)O)cc3)cc12. The third-order valence-electron chi connectivity index (χ3n) is 5.32. The van der Waals surface area contributed by atoms with Crippen molar-refractivity contribution < 1.29 is 27.9 Å². The number of aromatic nitrogens is 2. The average Bonchev–Trinajstić information content (AvgIpc) is 3.16. The van der Waals surface area contributed by atoms with Gasteiger partial charge < -0.3 is 15.2 Å². The van der Waals surface area contributed by atoms with Crippen molar-refractivity contribution >= 4 is 49.9 Å². The number of hydrogen-bond acceptors (Lipinski definition) is 6. The van der Waals surface area contributed by atoms with Gasteiger partial charge in [-0.1, -0.05) is 23.7 Å². The average molecular weight is 514 g/mol. The Morgan fingerprint density at radius 1 is 1.09 bits per heavy atom. The normalized spacial score (nSPS) is 11.4. The summed E-state index contributed by atoms with van der Waals surface area (Å²) in [7, 11) is -1.18. The third kappa shape index (κ3) is 4.84. The number of nitrogens with one attached hydrogen (secondary N) is 1. The van der Waals surface area contributed by atoms with Crippen molar-refractivity contribution in [3.05, 3.63) is 76.8 Å². The molecule has 0 saturated carbocycles. The van der Waals surface area contributed by atoms with E-state index in [1.54, 1.807) is 43.4 Å². The number of amides is 1. The number of carbonyl (C=O) groups is 2. The van der Waals surface area contributed by atoms with Crippen LogP contribution in [-0.4, -0.2) is 42.3 Å². The van der Waals surface area contributed by atoms with E-state index < -0.39 is 21.7 Å². The Kier molecular flexibility index (Phi) is 6.51. The smallest absolute Gasteiger partial charge is 0.307 e. The first kappa shape index (κ1) is 24.2. The zero-order valence-electron chi connectivity index (χ0n) is 18.6. The highest BCUT2D eigenvalue weighted by Gasteiger charge is 2.29. The highest BCUT2D eigenvalue weighted by atomic mass is 35.5. The summed E-state index contributed by atoms with van der Waals surface area (Å²) in [5.41, 5.74) is 1.79. The number of anilines is 1. The van der Waals surface area contributed by atoms with Crippen LogP contribution in [0.5, 0.6) is 5.75 Å². The number of carboxylic acid groups (broad SMARTS) is 1. The first-order valence-electron chi connectivity index (χ1n) is 10.3. The van der Waals surface area contributed by atoms with E-state index in [-0.39, 0.29) is 38.1 Å². The van der Waals surface area contributed by atoms with Crippen LogP contribution in [0.2, 0.25) is 5.02 Å². The Balaban J connectivity index is 1.71. The van der Waals surface area contributed by atoms with Gasteiger partial charge in [-0.05, 0) is 54.1 Å². The lowest BCUT2D eigenvalue weighted by molar-refractivity contribution is -0.136. The fourth-order valence-corrected chi connectivity index (χ4v) is 5.45.